The molecule has 68 valence electrons. The van der Waals surface area contributed by atoms with Gasteiger partial charge in [0, 0.05) is 24.2 Å². The van der Waals surface area contributed by atoms with Crippen LogP contribution in [0.3, 0.4) is 0 Å². The fourth-order valence-corrected chi connectivity index (χ4v) is 1.73. The van der Waals surface area contributed by atoms with E-state index in [1.54, 1.807) is 12.1 Å². The summed E-state index contributed by atoms with van der Waals surface area (Å²) in [6.07, 6.45) is 0. The first-order chi connectivity index (χ1) is 6.20. The Morgan fingerprint density at radius 3 is 3.08 bits per heavy atom. The number of nitrogens with one attached hydrogen (secondary N) is 1. The second kappa shape index (κ2) is 2.81. The lowest BCUT2D eigenvalue weighted by atomic mass is 10.0. The van der Waals surface area contributed by atoms with Crippen LogP contribution in [0.4, 0.5) is 5.69 Å². The third-order valence-electron chi connectivity index (χ3n) is 2.44. The summed E-state index contributed by atoms with van der Waals surface area (Å²) in [7, 11) is 0. The zero-order valence-corrected chi connectivity index (χ0v) is 7.28. The molecule has 13 heavy (non-hydrogen) atoms. The second-order valence-corrected chi connectivity index (χ2v) is 3.20. The van der Waals surface area contributed by atoms with Crippen molar-refractivity contribution in [2.75, 3.05) is 0 Å². The van der Waals surface area contributed by atoms with E-state index < -0.39 is 0 Å². The average Bonchev–Trinajstić information content (AvgIpc) is 2.48. The van der Waals surface area contributed by atoms with Gasteiger partial charge in [0.2, 0.25) is 0 Å². The van der Waals surface area contributed by atoms with Gasteiger partial charge in [-0.25, -0.2) is 0 Å². The molecular weight excluding hydrogens is 168 g/mol. The third kappa shape index (κ3) is 1.19. The number of rotatable bonds is 1. The smallest absolute Gasteiger partial charge is 0.274 e. The zero-order valence-electron chi connectivity index (χ0n) is 7.28. The van der Waals surface area contributed by atoms with Crippen LogP contribution < -0.4 is 5.32 Å². The van der Waals surface area contributed by atoms with Crippen LogP contribution in [0.15, 0.2) is 18.2 Å². The predicted octanol–water partition coefficient (Wildman–Crippen LogP) is 1.76. The number of nitro groups is 1. The van der Waals surface area contributed by atoms with Crippen LogP contribution >= 0.6 is 0 Å². The van der Waals surface area contributed by atoms with Gasteiger partial charge in [0.15, 0.2) is 0 Å². The van der Waals surface area contributed by atoms with E-state index in [1.165, 1.54) is 0 Å². The molecule has 4 nitrogen and oxygen atoms in total. The first-order valence-corrected chi connectivity index (χ1v) is 4.19. The van der Waals surface area contributed by atoms with Gasteiger partial charge in [0.05, 0.1) is 4.92 Å². The quantitative estimate of drug-likeness (QED) is 0.526. The Kier molecular flexibility index (Phi) is 1.77. The van der Waals surface area contributed by atoms with Crippen LogP contribution in [-0.4, -0.2) is 4.92 Å². The molecule has 1 heterocycles. The summed E-state index contributed by atoms with van der Waals surface area (Å²) < 4.78 is 0. The molecule has 0 saturated carbocycles. The minimum atomic E-state index is -0.321. The molecule has 1 unspecified atom stereocenters. The maximum absolute atomic E-state index is 10.6. The van der Waals surface area contributed by atoms with Crippen LogP contribution in [0.5, 0.6) is 0 Å². The van der Waals surface area contributed by atoms with E-state index in [2.05, 4.69) is 5.32 Å². The van der Waals surface area contributed by atoms with Gasteiger partial charge < -0.3 is 5.32 Å². The molecule has 1 N–H and O–H groups in total. The summed E-state index contributed by atoms with van der Waals surface area (Å²) in [6, 6.07) is 5.46. The fraction of sp³-hybridized carbons (Fsp3) is 0.333. The van der Waals surface area contributed by atoms with Crippen molar-refractivity contribution in [1.82, 2.24) is 5.32 Å². The standard InChI is InChI=1S/C9H10N2O2/c1-6-7-3-2-4-9(11(12)13)8(7)5-10-6/h2-4,6,10H,5H2,1H3. The van der Waals surface area contributed by atoms with E-state index in [9.17, 15) is 10.1 Å². The number of nitro benzene ring substituents is 1. The predicted molar refractivity (Wildman–Crippen MR) is 48.4 cm³/mol. The van der Waals surface area contributed by atoms with E-state index in [0.29, 0.717) is 6.54 Å². The normalized spacial score (nSPS) is 19.9. The summed E-state index contributed by atoms with van der Waals surface area (Å²) in [5, 5.41) is 13.8. The van der Waals surface area contributed by atoms with E-state index in [4.69, 9.17) is 0 Å². The van der Waals surface area contributed by atoms with E-state index in [-0.39, 0.29) is 16.7 Å². The highest BCUT2D eigenvalue weighted by atomic mass is 16.6. The topological polar surface area (TPSA) is 55.2 Å². The molecule has 1 aromatic carbocycles. The molecule has 0 amide bonds. The molecule has 1 aromatic rings. The van der Waals surface area contributed by atoms with Crippen molar-refractivity contribution in [3.63, 3.8) is 0 Å². The Hall–Kier alpha value is -1.42. The molecule has 0 bridgehead atoms. The van der Waals surface area contributed by atoms with Crippen molar-refractivity contribution in [3.8, 4) is 0 Å². The van der Waals surface area contributed by atoms with E-state index >= 15 is 0 Å². The van der Waals surface area contributed by atoms with Crippen LogP contribution in [0, 0.1) is 10.1 Å². The minimum Gasteiger partial charge on any atom is -0.306 e. The van der Waals surface area contributed by atoms with Crippen LogP contribution in [0.25, 0.3) is 0 Å². The van der Waals surface area contributed by atoms with Crippen LogP contribution in [0.2, 0.25) is 0 Å². The summed E-state index contributed by atoms with van der Waals surface area (Å²) in [4.78, 5) is 10.3. The second-order valence-electron chi connectivity index (χ2n) is 3.20. The van der Waals surface area contributed by atoms with Gasteiger partial charge in [-0.1, -0.05) is 12.1 Å². The Balaban J connectivity index is 2.57. The highest BCUT2D eigenvalue weighted by Crippen LogP contribution is 2.31. The Morgan fingerprint density at radius 1 is 1.62 bits per heavy atom. The summed E-state index contributed by atoms with van der Waals surface area (Å²) in [5.74, 6) is 0. The number of hydrogen-bond acceptors (Lipinski definition) is 3. The molecule has 0 saturated heterocycles. The summed E-state index contributed by atoms with van der Waals surface area (Å²) >= 11 is 0. The van der Waals surface area contributed by atoms with Gasteiger partial charge >= 0.3 is 0 Å². The molecule has 4 heteroatoms. The summed E-state index contributed by atoms with van der Waals surface area (Å²) in [6.45, 7) is 2.61. The van der Waals surface area contributed by atoms with Gasteiger partial charge in [0.1, 0.15) is 0 Å². The van der Waals surface area contributed by atoms with Gasteiger partial charge in [-0.15, -0.1) is 0 Å². The molecule has 0 fully saturated rings. The lowest BCUT2D eigenvalue weighted by molar-refractivity contribution is -0.385. The van der Waals surface area contributed by atoms with Crippen molar-refractivity contribution >= 4 is 5.69 Å². The lowest BCUT2D eigenvalue weighted by Gasteiger charge is -2.02. The van der Waals surface area contributed by atoms with Crippen molar-refractivity contribution in [2.45, 2.75) is 19.5 Å². The molecule has 0 spiro atoms. The highest BCUT2D eigenvalue weighted by Gasteiger charge is 2.25. The van der Waals surface area contributed by atoms with Gasteiger partial charge in [-0.2, -0.15) is 0 Å². The lowest BCUT2D eigenvalue weighted by Crippen LogP contribution is -2.07. The zero-order chi connectivity index (χ0) is 9.42. The Bertz CT molecular complexity index is 363. The Labute approximate surface area is 75.7 Å². The molecule has 0 radical (unpaired) electrons. The number of hydrogen-bond donors (Lipinski definition) is 1. The van der Waals surface area contributed by atoms with Crippen molar-refractivity contribution in [1.29, 1.82) is 0 Å². The largest absolute Gasteiger partial charge is 0.306 e. The maximum Gasteiger partial charge on any atom is 0.274 e. The van der Waals surface area contributed by atoms with Crippen molar-refractivity contribution in [2.24, 2.45) is 0 Å². The monoisotopic (exact) mass is 178 g/mol. The number of fused-ring (bicyclic) bond motifs is 1. The molecular formula is C9H10N2O2. The molecule has 1 aliphatic rings. The maximum atomic E-state index is 10.6. The summed E-state index contributed by atoms with van der Waals surface area (Å²) in [5.41, 5.74) is 2.11. The van der Waals surface area contributed by atoms with Crippen LogP contribution in [-0.2, 0) is 6.54 Å². The molecule has 1 aliphatic heterocycles. The van der Waals surface area contributed by atoms with Gasteiger partial charge in [-0.3, -0.25) is 10.1 Å². The number of nitrogens with zero attached hydrogens (tertiary/aromatic N) is 1. The minimum absolute atomic E-state index is 0.231. The number of benzene rings is 1. The van der Waals surface area contributed by atoms with Gasteiger partial charge in [0.25, 0.3) is 5.69 Å². The SMILES string of the molecule is CC1NCc2c1cccc2[N+](=O)[O-]. The molecule has 2 rings (SSSR count). The average molecular weight is 178 g/mol. The first kappa shape index (κ1) is 8.19. The molecule has 1 atom stereocenters. The van der Waals surface area contributed by atoms with E-state index in [1.807, 2.05) is 13.0 Å². The van der Waals surface area contributed by atoms with E-state index in [0.717, 1.165) is 11.1 Å². The molecule has 0 aliphatic carbocycles. The van der Waals surface area contributed by atoms with Crippen molar-refractivity contribution in [3.05, 3.63) is 39.4 Å². The molecule has 0 aromatic heterocycles. The van der Waals surface area contributed by atoms with Crippen molar-refractivity contribution < 1.29 is 4.92 Å². The van der Waals surface area contributed by atoms with Crippen LogP contribution in [0.1, 0.15) is 24.1 Å². The van der Waals surface area contributed by atoms with Gasteiger partial charge in [-0.05, 0) is 12.5 Å². The fourth-order valence-electron chi connectivity index (χ4n) is 1.73. The first-order valence-electron chi connectivity index (χ1n) is 4.19. The highest BCUT2D eigenvalue weighted by molar-refractivity contribution is 5.48. The Morgan fingerprint density at radius 2 is 2.38 bits per heavy atom. The third-order valence-corrected chi connectivity index (χ3v) is 2.44.